The Labute approximate surface area is 288 Å². The fraction of sp³-hybridized carbons (Fsp3) is 0.452. The predicted molar refractivity (Wildman–Crippen MR) is 204 cm³/mol. The van der Waals surface area contributed by atoms with Gasteiger partial charge in [-0.15, -0.1) is 24.8 Å². The summed E-state index contributed by atoms with van der Waals surface area (Å²) in [5.74, 6) is 0.447. The van der Waals surface area contributed by atoms with Crippen LogP contribution in [0, 0.1) is 11.3 Å². The first-order chi connectivity index (χ1) is 19.9. The maximum absolute atomic E-state index is 5.68. The van der Waals surface area contributed by atoms with Gasteiger partial charge in [0, 0.05) is 0 Å². The van der Waals surface area contributed by atoms with E-state index >= 15 is 0 Å². The number of benzene rings is 3. The molecule has 45 heavy (non-hydrogen) atoms. The van der Waals surface area contributed by atoms with Crippen molar-refractivity contribution in [2.75, 3.05) is 0 Å². The third-order valence-electron chi connectivity index (χ3n) is 10.6. The van der Waals surface area contributed by atoms with E-state index in [1.807, 2.05) is 0 Å². The van der Waals surface area contributed by atoms with E-state index in [1.54, 1.807) is 12.1 Å². The van der Waals surface area contributed by atoms with Gasteiger partial charge >= 0.3 is 266 Å². The minimum atomic E-state index is -4.48. The van der Waals surface area contributed by atoms with Crippen molar-refractivity contribution in [3.8, 4) is 11.1 Å². The normalized spacial score (nSPS) is 16.7. The van der Waals surface area contributed by atoms with E-state index in [-0.39, 0.29) is 41.1 Å². The molecule has 0 bridgehead atoms. The summed E-state index contributed by atoms with van der Waals surface area (Å²) in [6.07, 6.45) is 9.96. The molecule has 0 nitrogen and oxygen atoms in total. The second kappa shape index (κ2) is 12.8. The van der Waals surface area contributed by atoms with Crippen LogP contribution in [0.2, 0.25) is 4.63 Å². The van der Waals surface area contributed by atoms with E-state index in [0.717, 1.165) is 6.42 Å². The number of allylic oxidation sites excluding steroid dienone is 4. The molecule has 0 saturated heterocycles. The zero-order valence-corrected chi connectivity index (χ0v) is 33.9. The number of fused-ring (bicyclic) bond motifs is 3. The van der Waals surface area contributed by atoms with Gasteiger partial charge in [0.25, 0.3) is 0 Å². The molecule has 3 heteroatoms. The van der Waals surface area contributed by atoms with Gasteiger partial charge in [-0.25, -0.2) is 0 Å². The topological polar surface area (TPSA) is 0 Å². The van der Waals surface area contributed by atoms with Crippen LogP contribution >= 0.6 is 24.8 Å². The molecule has 1 unspecified atom stereocenters. The number of hydrogen-bond acceptors (Lipinski definition) is 0. The number of halogens is 2. The molecule has 0 N–H and O–H groups in total. The molecule has 0 spiro atoms. The van der Waals surface area contributed by atoms with Crippen LogP contribution in [0.3, 0.4) is 0 Å². The van der Waals surface area contributed by atoms with Gasteiger partial charge in [0.15, 0.2) is 0 Å². The number of hydrogen-bond donors (Lipinski definition) is 0. The van der Waals surface area contributed by atoms with E-state index in [9.17, 15) is 0 Å². The number of unbranched alkanes of at least 4 members (excludes halogenated alkanes) is 1. The first kappa shape index (κ1) is 37.9. The molecular formula is C42H58Cl2Zr. The Morgan fingerprint density at radius 2 is 1.40 bits per heavy atom. The van der Waals surface area contributed by atoms with Gasteiger partial charge in [0.1, 0.15) is 0 Å². The van der Waals surface area contributed by atoms with Crippen LogP contribution < -0.4 is 6.54 Å². The van der Waals surface area contributed by atoms with Gasteiger partial charge in [-0.2, -0.15) is 0 Å². The Kier molecular flexibility index (Phi) is 10.8. The van der Waals surface area contributed by atoms with Crippen molar-refractivity contribution in [3.05, 3.63) is 104 Å². The van der Waals surface area contributed by atoms with E-state index in [1.165, 1.54) is 55.9 Å². The first-order valence-corrected chi connectivity index (χ1v) is 24.6. The Balaban J connectivity index is 0.00000276. The standard InChI is InChI=1S/C21H25.C13H21.C6H5.CH3.CH2.2ClH.Zr/c1-20(2,3)16-7-9-18-14(12-16)11-15-13-17(21(4,5)6)8-10-19(15)18;1-5-6-7-11-8-9-12(10-11)13(2,3)4;1-2-4-6-5-3-1;;;;;/h7-10,12H,11H2,1-6H3;9-11H,5-7H2,1-4H3;1-5H;1H3;1H2;2*1H;. The first-order valence-electron chi connectivity index (χ1n) is 16.7. The van der Waals surface area contributed by atoms with Gasteiger partial charge < -0.3 is 0 Å². The summed E-state index contributed by atoms with van der Waals surface area (Å²) in [4.78, 5) is 0. The summed E-state index contributed by atoms with van der Waals surface area (Å²) in [7, 11) is 0. The third-order valence-corrected chi connectivity index (χ3v) is 25.1. The predicted octanol–water partition coefficient (Wildman–Crippen LogP) is 11.5. The molecule has 1 atom stereocenters. The van der Waals surface area contributed by atoms with Crippen molar-refractivity contribution in [1.82, 2.24) is 0 Å². The summed E-state index contributed by atoms with van der Waals surface area (Å²) in [6.45, 7) is 23.7. The molecule has 0 aliphatic heterocycles. The molecule has 3 aromatic carbocycles. The SMILES string of the molecule is Cl.Cl.[CH2]=[Zr]([CH3])([C]1=CC(C(C)(C)C)=CC1CCCC)([c]1ccccc1)[c]1c(C(C)(C)C)ccc2c1Cc1cc(C(C)(C)C)ccc1-2. The molecule has 0 radical (unpaired) electrons. The van der Waals surface area contributed by atoms with Gasteiger partial charge in [-0.1, -0.05) is 0 Å². The fourth-order valence-corrected chi connectivity index (χ4v) is 22.7. The van der Waals surface area contributed by atoms with Crippen molar-refractivity contribution >= 4 is 35.6 Å². The third kappa shape index (κ3) is 6.63. The second-order valence-electron chi connectivity index (χ2n) is 17.2. The van der Waals surface area contributed by atoms with Crippen LogP contribution in [0.15, 0.2) is 81.7 Å². The minimum absolute atomic E-state index is 0. The Hall–Kier alpha value is -1.53. The molecule has 2 aliphatic carbocycles. The summed E-state index contributed by atoms with van der Waals surface area (Å²) in [6, 6.07) is 23.8. The molecule has 0 fully saturated rings. The van der Waals surface area contributed by atoms with Crippen LogP contribution in [-0.4, -0.2) is 4.21 Å². The average molecular weight is 725 g/mol. The Morgan fingerprint density at radius 1 is 0.778 bits per heavy atom. The van der Waals surface area contributed by atoms with E-state index in [4.69, 9.17) is 4.21 Å². The van der Waals surface area contributed by atoms with Crippen LogP contribution in [-0.2, 0) is 35.5 Å². The molecule has 5 rings (SSSR count). The Bertz CT molecular complexity index is 1680. The summed E-state index contributed by atoms with van der Waals surface area (Å²) >= 11 is -4.48. The fourth-order valence-electron chi connectivity index (χ4n) is 7.94. The molecule has 0 aromatic heterocycles. The van der Waals surface area contributed by atoms with Crippen molar-refractivity contribution in [2.45, 2.75) is 110 Å². The van der Waals surface area contributed by atoms with E-state index in [2.05, 4.69) is 147 Å². The molecular weight excluding hydrogens is 667 g/mol. The molecule has 0 saturated carbocycles. The maximum atomic E-state index is 5.68. The van der Waals surface area contributed by atoms with Crippen LogP contribution in [0.1, 0.15) is 111 Å². The summed E-state index contributed by atoms with van der Waals surface area (Å²) < 4.78 is 13.1. The van der Waals surface area contributed by atoms with Gasteiger partial charge in [0.2, 0.25) is 0 Å². The monoisotopic (exact) mass is 722 g/mol. The zero-order valence-electron chi connectivity index (χ0n) is 29.9. The van der Waals surface area contributed by atoms with Crippen molar-refractivity contribution in [2.24, 2.45) is 11.3 Å². The number of rotatable bonds is 6. The molecule has 0 heterocycles. The van der Waals surface area contributed by atoms with E-state index < -0.39 is 18.3 Å². The molecule has 3 aromatic rings. The van der Waals surface area contributed by atoms with E-state index in [0.29, 0.717) is 5.92 Å². The second-order valence-corrected chi connectivity index (χ2v) is 31.1. The summed E-state index contributed by atoms with van der Waals surface area (Å²) in [5.41, 5.74) is 10.6. The van der Waals surface area contributed by atoms with Crippen LogP contribution in [0.25, 0.3) is 11.1 Å². The molecule has 0 amide bonds. The average Bonchev–Trinajstić information content (AvgIpc) is 3.53. The molecule has 2 aliphatic rings. The van der Waals surface area contributed by atoms with Crippen molar-refractivity contribution in [1.29, 1.82) is 0 Å². The van der Waals surface area contributed by atoms with Crippen molar-refractivity contribution < 1.29 is 18.3 Å². The summed E-state index contributed by atoms with van der Waals surface area (Å²) in [5, 5.41) is 0. The van der Waals surface area contributed by atoms with Gasteiger partial charge in [0.05, 0.1) is 0 Å². The quantitative estimate of drug-likeness (QED) is 0.186. The van der Waals surface area contributed by atoms with Gasteiger partial charge in [-0.3, -0.25) is 0 Å². The Morgan fingerprint density at radius 3 is 1.96 bits per heavy atom. The van der Waals surface area contributed by atoms with Crippen molar-refractivity contribution in [3.63, 3.8) is 0 Å². The van der Waals surface area contributed by atoms with Gasteiger partial charge in [-0.05, 0) is 0 Å². The zero-order chi connectivity index (χ0) is 31.6. The molecule has 244 valence electrons. The van der Waals surface area contributed by atoms with Crippen LogP contribution in [0.4, 0.5) is 0 Å². The van der Waals surface area contributed by atoms with Crippen LogP contribution in [0.5, 0.6) is 0 Å².